The average molecular weight is 525 g/mol. The predicted octanol–water partition coefficient (Wildman–Crippen LogP) is 5.20. The molecule has 1 heterocycles. The molecule has 4 aromatic carbocycles. The quantitative estimate of drug-likeness (QED) is 0.332. The first-order valence-electron chi connectivity index (χ1n) is 12.4. The van der Waals surface area contributed by atoms with Crippen molar-refractivity contribution in [1.82, 2.24) is 10.4 Å². The number of amides is 2. The van der Waals surface area contributed by atoms with Gasteiger partial charge in [0.25, 0.3) is 11.8 Å². The molecule has 0 saturated carbocycles. The largest absolute Gasteiger partial charge is 0.489 e. The number of carbonyl (C=O) groups is 2. The zero-order chi connectivity index (χ0) is 26.5. The third-order valence-corrected chi connectivity index (χ3v) is 7.85. The van der Waals surface area contributed by atoms with Crippen LogP contribution in [0.1, 0.15) is 34.6 Å². The Balaban J connectivity index is 1.37. The molecule has 6 nitrogen and oxygen atoms in total. The summed E-state index contributed by atoms with van der Waals surface area (Å²) in [5.41, 5.74) is 3.49. The number of hydrogen-bond donors (Lipinski definition) is 2. The second-order valence-corrected chi connectivity index (χ2v) is 10.5. The van der Waals surface area contributed by atoms with Crippen molar-refractivity contribution in [2.24, 2.45) is 0 Å². The van der Waals surface area contributed by atoms with Crippen LogP contribution in [0.5, 0.6) is 5.75 Å². The average Bonchev–Trinajstić information content (AvgIpc) is 3.25. The summed E-state index contributed by atoms with van der Waals surface area (Å²) in [5.74, 6) is -0.231. The van der Waals surface area contributed by atoms with E-state index in [1.165, 1.54) is 16.8 Å². The molecule has 0 radical (unpaired) electrons. The first-order chi connectivity index (χ1) is 18.5. The van der Waals surface area contributed by atoms with Crippen molar-refractivity contribution < 1.29 is 19.4 Å². The number of hydrogen-bond acceptors (Lipinski definition) is 5. The van der Waals surface area contributed by atoms with E-state index in [0.717, 1.165) is 11.1 Å². The normalized spacial score (nSPS) is 17.3. The maximum absolute atomic E-state index is 13.7. The fourth-order valence-electron chi connectivity index (χ4n) is 4.41. The zero-order valence-electron chi connectivity index (χ0n) is 20.9. The van der Waals surface area contributed by atoms with Crippen molar-refractivity contribution in [2.45, 2.75) is 29.8 Å². The maximum atomic E-state index is 13.7. The van der Waals surface area contributed by atoms with Crippen LogP contribution in [0.25, 0.3) is 0 Å². The number of thioether (sulfide) groups is 1. The van der Waals surface area contributed by atoms with E-state index >= 15 is 0 Å². The summed E-state index contributed by atoms with van der Waals surface area (Å²) in [6.45, 7) is 2.26. The summed E-state index contributed by atoms with van der Waals surface area (Å²) in [4.78, 5) is 26.9. The number of carbonyl (C=O) groups excluding carboxylic acids is 2. The van der Waals surface area contributed by atoms with Gasteiger partial charge in [-0.25, -0.2) is 5.01 Å². The minimum absolute atomic E-state index is 0.235. The minimum atomic E-state index is -1.99. The van der Waals surface area contributed by atoms with Crippen LogP contribution in [0.2, 0.25) is 0 Å². The van der Waals surface area contributed by atoms with Crippen LogP contribution in [0.3, 0.4) is 0 Å². The Hall–Kier alpha value is -4.07. The van der Waals surface area contributed by atoms with Crippen molar-refractivity contribution in [2.75, 3.05) is 0 Å². The minimum Gasteiger partial charge on any atom is -0.489 e. The van der Waals surface area contributed by atoms with Gasteiger partial charge < -0.3 is 9.84 Å². The molecule has 1 saturated heterocycles. The Kier molecular flexibility index (Phi) is 7.49. The van der Waals surface area contributed by atoms with Crippen LogP contribution in [0.4, 0.5) is 0 Å². The van der Waals surface area contributed by atoms with Crippen LogP contribution in [-0.2, 0) is 21.8 Å². The molecule has 5 rings (SSSR count). The highest BCUT2D eigenvalue weighted by molar-refractivity contribution is 8.01. The molecule has 0 aromatic heterocycles. The highest BCUT2D eigenvalue weighted by Gasteiger charge is 2.45. The molecule has 2 amide bonds. The van der Waals surface area contributed by atoms with Crippen LogP contribution in [0.15, 0.2) is 115 Å². The number of hydrazine groups is 1. The number of rotatable bonds is 8. The molecule has 7 heteroatoms. The molecule has 0 bridgehead atoms. The lowest BCUT2D eigenvalue weighted by Gasteiger charge is -2.32. The van der Waals surface area contributed by atoms with E-state index in [-0.39, 0.29) is 11.2 Å². The zero-order valence-corrected chi connectivity index (χ0v) is 21.7. The summed E-state index contributed by atoms with van der Waals surface area (Å²) < 4.78 is 5.90. The number of aliphatic hydroxyl groups is 1. The molecular weight excluding hydrogens is 496 g/mol. The lowest BCUT2D eigenvalue weighted by molar-refractivity contribution is -0.149. The summed E-state index contributed by atoms with van der Waals surface area (Å²) in [6.07, 6.45) is 0. The van der Waals surface area contributed by atoms with Crippen LogP contribution >= 0.6 is 11.8 Å². The van der Waals surface area contributed by atoms with Crippen LogP contribution in [0, 0.1) is 0 Å². The molecule has 2 N–H and O–H groups in total. The smallest absolute Gasteiger partial charge is 0.279 e. The number of nitrogens with zero attached hydrogens (tertiary/aromatic N) is 1. The van der Waals surface area contributed by atoms with Gasteiger partial charge in [-0.1, -0.05) is 103 Å². The van der Waals surface area contributed by atoms with Gasteiger partial charge in [-0.3, -0.25) is 15.0 Å². The van der Waals surface area contributed by atoms with Crippen molar-refractivity contribution in [1.29, 1.82) is 0 Å². The van der Waals surface area contributed by atoms with E-state index in [4.69, 9.17) is 4.74 Å². The SMILES string of the molecule is CC1SC(c2ccc(OCc3ccccc3)cc2)N(NC(=O)C(O)(c2ccccc2)c2ccccc2)C1=O. The van der Waals surface area contributed by atoms with E-state index in [2.05, 4.69) is 5.43 Å². The first kappa shape index (κ1) is 25.6. The number of benzene rings is 4. The van der Waals surface area contributed by atoms with Gasteiger partial charge in [0, 0.05) is 0 Å². The Labute approximate surface area is 226 Å². The highest BCUT2D eigenvalue weighted by Crippen LogP contribution is 2.42. The van der Waals surface area contributed by atoms with Gasteiger partial charge in [0.05, 0.1) is 5.25 Å². The van der Waals surface area contributed by atoms with Gasteiger partial charge in [0.1, 0.15) is 17.7 Å². The summed E-state index contributed by atoms with van der Waals surface area (Å²) >= 11 is 1.43. The molecule has 192 valence electrons. The van der Waals surface area contributed by atoms with Crippen molar-refractivity contribution in [3.05, 3.63) is 138 Å². The van der Waals surface area contributed by atoms with E-state index in [9.17, 15) is 14.7 Å². The van der Waals surface area contributed by atoms with Gasteiger partial charge in [0.2, 0.25) is 0 Å². The number of nitrogens with one attached hydrogen (secondary N) is 1. The molecule has 0 spiro atoms. The third kappa shape index (κ3) is 5.16. The molecule has 2 atom stereocenters. The molecule has 1 aliphatic heterocycles. The summed E-state index contributed by atoms with van der Waals surface area (Å²) in [5, 5.41) is 12.3. The molecular formula is C31H28N2O4S. The number of ether oxygens (including phenoxy) is 1. The third-order valence-electron chi connectivity index (χ3n) is 6.50. The lowest BCUT2D eigenvalue weighted by atomic mass is 9.85. The topological polar surface area (TPSA) is 78.9 Å². The van der Waals surface area contributed by atoms with E-state index in [1.807, 2.05) is 73.7 Å². The monoisotopic (exact) mass is 524 g/mol. The van der Waals surface area contributed by atoms with Gasteiger partial charge in [-0.2, -0.15) is 0 Å². The van der Waals surface area contributed by atoms with Crippen LogP contribution < -0.4 is 10.2 Å². The second kappa shape index (κ2) is 11.1. The second-order valence-electron chi connectivity index (χ2n) is 9.07. The maximum Gasteiger partial charge on any atom is 0.279 e. The molecule has 4 aromatic rings. The molecule has 38 heavy (non-hydrogen) atoms. The van der Waals surface area contributed by atoms with Crippen LogP contribution in [-0.4, -0.2) is 27.2 Å². The molecule has 1 aliphatic rings. The first-order valence-corrected chi connectivity index (χ1v) is 13.3. The van der Waals surface area contributed by atoms with Crippen molar-refractivity contribution in [3.8, 4) is 5.75 Å². The van der Waals surface area contributed by atoms with Gasteiger partial charge in [-0.05, 0) is 41.3 Å². The van der Waals surface area contributed by atoms with Gasteiger partial charge in [-0.15, -0.1) is 11.8 Å². The fourth-order valence-corrected chi connectivity index (χ4v) is 5.62. The molecule has 1 fully saturated rings. The molecule has 2 unspecified atom stereocenters. The van der Waals surface area contributed by atoms with Crippen molar-refractivity contribution >= 4 is 23.6 Å². The Morgan fingerprint density at radius 2 is 1.39 bits per heavy atom. The fraction of sp³-hybridized carbons (Fsp3) is 0.161. The lowest BCUT2D eigenvalue weighted by Crippen LogP contribution is -2.53. The Bertz CT molecular complexity index is 1340. The van der Waals surface area contributed by atoms with Gasteiger partial charge in [0.15, 0.2) is 5.60 Å². The van der Waals surface area contributed by atoms with E-state index < -0.39 is 16.9 Å². The van der Waals surface area contributed by atoms with Crippen molar-refractivity contribution in [3.63, 3.8) is 0 Å². The van der Waals surface area contributed by atoms with Gasteiger partial charge >= 0.3 is 0 Å². The molecule has 0 aliphatic carbocycles. The highest BCUT2D eigenvalue weighted by atomic mass is 32.2. The predicted molar refractivity (Wildman–Crippen MR) is 148 cm³/mol. The Morgan fingerprint density at radius 3 is 1.95 bits per heavy atom. The van der Waals surface area contributed by atoms with E-state index in [1.54, 1.807) is 48.5 Å². The van der Waals surface area contributed by atoms with E-state index in [0.29, 0.717) is 23.5 Å². The Morgan fingerprint density at radius 1 is 0.868 bits per heavy atom. The summed E-state index contributed by atoms with van der Waals surface area (Å²) in [6, 6.07) is 34.9. The standard InChI is InChI=1S/C31H28N2O4S/c1-22-28(34)33(29(38-22)24-17-19-27(20-18-24)37-21-23-11-5-2-6-12-23)32-30(35)31(36,25-13-7-3-8-14-25)26-15-9-4-10-16-26/h2-20,22,29,36H,21H2,1H3,(H,32,35). The summed E-state index contributed by atoms with van der Waals surface area (Å²) in [7, 11) is 0.